The molecule has 0 spiro atoms. The van der Waals surface area contributed by atoms with Crippen molar-refractivity contribution in [3.63, 3.8) is 0 Å². The first-order valence-corrected chi connectivity index (χ1v) is 13.3. The lowest BCUT2D eigenvalue weighted by molar-refractivity contribution is -0.125. The SMILES string of the molecule is CCCSCCCNC(=O)[C@H]1CCCN(c2nc3cccnc3n(Cc3ccccc3)c2=O)C1. The molecule has 1 aliphatic heterocycles. The number of carbonyl (C=O) groups is 1. The van der Waals surface area contributed by atoms with Crippen LogP contribution in [0.2, 0.25) is 0 Å². The van der Waals surface area contributed by atoms with Gasteiger partial charge in [0.05, 0.1) is 12.5 Å². The van der Waals surface area contributed by atoms with Crippen molar-refractivity contribution in [1.82, 2.24) is 19.9 Å². The minimum atomic E-state index is -0.163. The summed E-state index contributed by atoms with van der Waals surface area (Å²) in [7, 11) is 0. The molecule has 4 rings (SSSR count). The standard InChI is InChI=1S/C26H33N5O2S/c1-2-16-34-17-8-14-28-25(32)21-11-7-15-30(19-21)24-26(33)31(18-20-9-4-3-5-10-20)23-22(29-24)12-6-13-27-23/h3-6,9-10,12-13,21H,2,7-8,11,14-19H2,1H3,(H,28,32)/t21-/m0/s1. The second-order valence-electron chi connectivity index (χ2n) is 8.70. The molecule has 1 aliphatic rings. The average Bonchev–Trinajstić information content (AvgIpc) is 2.88. The quantitative estimate of drug-likeness (QED) is 0.447. The predicted molar refractivity (Wildman–Crippen MR) is 140 cm³/mol. The summed E-state index contributed by atoms with van der Waals surface area (Å²) >= 11 is 1.93. The molecule has 180 valence electrons. The Morgan fingerprint density at radius 3 is 2.85 bits per heavy atom. The van der Waals surface area contributed by atoms with Crippen molar-refractivity contribution in [3.8, 4) is 0 Å². The van der Waals surface area contributed by atoms with Crippen LogP contribution >= 0.6 is 11.8 Å². The van der Waals surface area contributed by atoms with Gasteiger partial charge >= 0.3 is 0 Å². The van der Waals surface area contributed by atoms with Gasteiger partial charge in [-0.1, -0.05) is 37.3 Å². The van der Waals surface area contributed by atoms with E-state index in [-0.39, 0.29) is 17.4 Å². The van der Waals surface area contributed by atoms with E-state index in [2.05, 4.69) is 17.2 Å². The van der Waals surface area contributed by atoms with Gasteiger partial charge < -0.3 is 10.2 Å². The highest BCUT2D eigenvalue weighted by atomic mass is 32.2. The zero-order chi connectivity index (χ0) is 23.8. The fraction of sp³-hybridized carbons (Fsp3) is 0.462. The Bertz CT molecular complexity index is 1150. The van der Waals surface area contributed by atoms with E-state index in [1.807, 2.05) is 59.1 Å². The van der Waals surface area contributed by atoms with E-state index in [9.17, 15) is 9.59 Å². The van der Waals surface area contributed by atoms with Crippen LogP contribution in [0.15, 0.2) is 53.5 Å². The Morgan fingerprint density at radius 2 is 2.03 bits per heavy atom. The molecule has 1 amide bonds. The fourth-order valence-corrected chi connectivity index (χ4v) is 5.18. The summed E-state index contributed by atoms with van der Waals surface area (Å²) < 4.78 is 1.70. The monoisotopic (exact) mass is 479 g/mol. The van der Waals surface area contributed by atoms with Crippen LogP contribution in [0.25, 0.3) is 11.2 Å². The third-order valence-corrected chi connectivity index (χ3v) is 7.35. The normalized spacial score (nSPS) is 16.0. The van der Waals surface area contributed by atoms with Crippen LogP contribution < -0.4 is 15.8 Å². The van der Waals surface area contributed by atoms with Gasteiger partial charge in [0.25, 0.3) is 5.56 Å². The molecule has 0 unspecified atom stereocenters. The van der Waals surface area contributed by atoms with E-state index in [1.54, 1.807) is 10.8 Å². The maximum absolute atomic E-state index is 13.6. The number of carbonyl (C=O) groups excluding carboxylic acids is 1. The first kappa shape index (κ1) is 24.3. The number of anilines is 1. The van der Waals surface area contributed by atoms with E-state index >= 15 is 0 Å². The van der Waals surface area contributed by atoms with Gasteiger partial charge in [0.1, 0.15) is 5.52 Å². The Labute approximate surface area is 205 Å². The number of hydrogen-bond acceptors (Lipinski definition) is 6. The predicted octanol–water partition coefficient (Wildman–Crippen LogP) is 3.71. The van der Waals surface area contributed by atoms with Crippen molar-refractivity contribution in [1.29, 1.82) is 0 Å². The first-order chi connectivity index (χ1) is 16.7. The number of rotatable bonds is 10. The van der Waals surface area contributed by atoms with Crippen molar-refractivity contribution in [3.05, 3.63) is 64.6 Å². The molecule has 8 heteroatoms. The first-order valence-electron chi connectivity index (χ1n) is 12.2. The maximum atomic E-state index is 13.6. The van der Waals surface area contributed by atoms with Crippen LogP contribution in [-0.4, -0.2) is 51.6 Å². The van der Waals surface area contributed by atoms with Crippen LogP contribution in [-0.2, 0) is 11.3 Å². The van der Waals surface area contributed by atoms with Gasteiger partial charge in [0.15, 0.2) is 11.5 Å². The van der Waals surface area contributed by atoms with Gasteiger partial charge in [0.2, 0.25) is 5.91 Å². The summed E-state index contributed by atoms with van der Waals surface area (Å²) in [6, 6.07) is 13.6. The molecule has 0 radical (unpaired) electrons. The van der Waals surface area contributed by atoms with Gasteiger partial charge in [-0.3, -0.25) is 14.2 Å². The number of thioether (sulfide) groups is 1. The Kier molecular flexibility index (Phi) is 8.57. The van der Waals surface area contributed by atoms with Crippen molar-refractivity contribution in [2.75, 3.05) is 36.0 Å². The third kappa shape index (κ3) is 5.97. The van der Waals surface area contributed by atoms with Crippen molar-refractivity contribution < 1.29 is 4.79 Å². The van der Waals surface area contributed by atoms with E-state index in [0.29, 0.717) is 36.6 Å². The maximum Gasteiger partial charge on any atom is 0.295 e. The molecule has 0 saturated carbocycles. The minimum absolute atomic E-state index is 0.0808. The number of fused-ring (bicyclic) bond motifs is 1. The zero-order valence-corrected chi connectivity index (χ0v) is 20.6. The van der Waals surface area contributed by atoms with E-state index < -0.39 is 0 Å². The fourth-order valence-electron chi connectivity index (χ4n) is 4.34. The van der Waals surface area contributed by atoms with Gasteiger partial charge in [-0.05, 0) is 54.9 Å². The van der Waals surface area contributed by atoms with E-state index in [1.165, 1.54) is 12.2 Å². The smallest absolute Gasteiger partial charge is 0.295 e. The summed E-state index contributed by atoms with van der Waals surface area (Å²) in [5, 5.41) is 3.10. The molecule has 34 heavy (non-hydrogen) atoms. The largest absolute Gasteiger partial charge is 0.356 e. The Balaban J connectivity index is 1.51. The lowest BCUT2D eigenvalue weighted by Crippen LogP contribution is -2.46. The topological polar surface area (TPSA) is 80.1 Å². The van der Waals surface area contributed by atoms with E-state index in [0.717, 1.165) is 37.1 Å². The highest BCUT2D eigenvalue weighted by Crippen LogP contribution is 2.22. The van der Waals surface area contributed by atoms with Crippen molar-refractivity contribution in [2.24, 2.45) is 5.92 Å². The lowest BCUT2D eigenvalue weighted by atomic mass is 9.97. The molecule has 0 bridgehead atoms. The second kappa shape index (κ2) is 12.0. The van der Waals surface area contributed by atoms with Crippen molar-refractivity contribution in [2.45, 2.75) is 39.2 Å². The third-order valence-electron chi connectivity index (χ3n) is 6.07. The molecule has 3 aromatic rings. The average molecular weight is 480 g/mol. The van der Waals surface area contributed by atoms with Gasteiger partial charge in [0, 0.05) is 25.8 Å². The molecule has 7 nitrogen and oxygen atoms in total. The summed E-state index contributed by atoms with van der Waals surface area (Å²) in [5.74, 6) is 2.59. The Hall–Kier alpha value is -2.87. The molecular weight excluding hydrogens is 446 g/mol. The molecule has 1 N–H and O–H groups in total. The van der Waals surface area contributed by atoms with E-state index in [4.69, 9.17) is 4.98 Å². The lowest BCUT2D eigenvalue weighted by Gasteiger charge is -2.32. The molecule has 1 fully saturated rings. The Morgan fingerprint density at radius 1 is 1.18 bits per heavy atom. The molecular formula is C26H33N5O2S. The number of amides is 1. The molecule has 1 atom stereocenters. The van der Waals surface area contributed by atoms with Crippen LogP contribution in [0.1, 0.15) is 38.2 Å². The molecule has 3 heterocycles. The molecule has 2 aromatic heterocycles. The van der Waals surface area contributed by atoms with Gasteiger partial charge in [-0.2, -0.15) is 11.8 Å². The summed E-state index contributed by atoms with van der Waals surface area (Å²) in [6.45, 7) is 4.54. The summed E-state index contributed by atoms with van der Waals surface area (Å²) in [5.41, 5.74) is 2.13. The van der Waals surface area contributed by atoms with Crippen LogP contribution in [0, 0.1) is 5.92 Å². The number of piperidine rings is 1. The molecule has 0 aliphatic carbocycles. The summed E-state index contributed by atoms with van der Waals surface area (Å²) in [6.07, 6.45) is 5.54. The van der Waals surface area contributed by atoms with Crippen molar-refractivity contribution >= 4 is 34.7 Å². The van der Waals surface area contributed by atoms with Crippen LogP contribution in [0.4, 0.5) is 5.82 Å². The van der Waals surface area contributed by atoms with Crippen LogP contribution in [0.3, 0.4) is 0 Å². The summed E-state index contributed by atoms with van der Waals surface area (Å²) in [4.78, 5) is 37.5. The number of benzene rings is 1. The highest BCUT2D eigenvalue weighted by molar-refractivity contribution is 7.99. The number of hydrogen-bond donors (Lipinski definition) is 1. The molecule has 1 saturated heterocycles. The highest BCUT2D eigenvalue weighted by Gasteiger charge is 2.28. The number of nitrogens with one attached hydrogen (secondary N) is 1. The number of pyridine rings is 1. The number of aromatic nitrogens is 3. The van der Waals surface area contributed by atoms with Crippen LogP contribution in [0.5, 0.6) is 0 Å². The second-order valence-corrected chi connectivity index (χ2v) is 9.93. The number of nitrogens with zero attached hydrogens (tertiary/aromatic N) is 4. The minimum Gasteiger partial charge on any atom is -0.356 e. The zero-order valence-electron chi connectivity index (χ0n) is 19.8. The van der Waals surface area contributed by atoms with Gasteiger partial charge in [-0.15, -0.1) is 0 Å². The molecule has 1 aromatic carbocycles. The van der Waals surface area contributed by atoms with Gasteiger partial charge in [-0.25, -0.2) is 9.97 Å².